The summed E-state index contributed by atoms with van der Waals surface area (Å²) in [4.78, 5) is 23.9. The average molecular weight is 212 g/mol. The van der Waals surface area contributed by atoms with Gasteiger partial charge in [0.25, 0.3) is 5.88 Å². The Morgan fingerprint density at radius 1 is 1.47 bits per heavy atom. The van der Waals surface area contributed by atoms with E-state index in [1.807, 2.05) is 4.98 Å². The second kappa shape index (κ2) is 3.85. The Hall–Kier alpha value is -1.63. The van der Waals surface area contributed by atoms with E-state index in [0.717, 1.165) is 12.8 Å². The van der Waals surface area contributed by atoms with Crippen LogP contribution in [0.15, 0.2) is 9.59 Å². The highest BCUT2D eigenvalue weighted by atomic mass is 16.5. The molecule has 7 heteroatoms. The van der Waals surface area contributed by atoms with Crippen molar-refractivity contribution in [2.75, 3.05) is 6.54 Å². The molecule has 0 saturated heterocycles. The minimum Gasteiger partial charge on any atom is -0.469 e. The van der Waals surface area contributed by atoms with Crippen molar-refractivity contribution in [3.8, 4) is 5.88 Å². The van der Waals surface area contributed by atoms with Crippen LogP contribution in [0.25, 0.3) is 0 Å². The first kappa shape index (κ1) is 9.91. The topological polar surface area (TPSA) is 114 Å². The molecule has 1 aromatic rings. The van der Waals surface area contributed by atoms with Crippen molar-refractivity contribution in [1.82, 2.24) is 15.2 Å². The summed E-state index contributed by atoms with van der Waals surface area (Å²) in [5.41, 5.74) is 4.21. The van der Waals surface area contributed by atoms with Crippen LogP contribution in [0.2, 0.25) is 0 Å². The van der Waals surface area contributed by atoms with Gasteiger partial charge in [-0.15, -0.1) is 5.10 Å². The molecule has 82 valence electrons. The van der Waals surface area contributed by atoms with Crippen molar-refractivity contribution >= 4 is 0 Å². The molecule has 7 nitrogen and oxygen atoms in total. The molecule has 2 rings (SSSR count). The standard InChI is InChI=1S/C8H12N4O3/c9-3-4-1-5(2-4)15-7-6(13)10-8(14)12-11-7/h4-5H,1-3,9H2,(H2,10,12,13,14). The zero-order valence-corrected chi connectivity index (χ0v) is 8.03. The summed E-state index contributed by atoms with van der Waals surface area (Å²) < 4.78 is 5.29. The van der Waals surface area contributed by atoms with Gasteiger partial charge < -0.3 is 10.5 Å². The highest BCUT2D eigenvalue weighted by Gasteiger charge is 2.30. The molecule has 1 saturated carbocycles. The third-order valence-corrected chi connectivity index (χ3v) is 2.48. The summed E-state index contributed by atoms with van der Waals surface area (Å²) >= 11 is 0. The Morgan fingerprint density at radius 2 is 2.20 bits per heavy atom. The fraction of sp³-hybridized carbons (Fsp3) is 0.625. The molecule has 0 spiro atoms. The lowest BCUT2D eigenvalue weighted by atomic mass is 9.82. The molecule has 1 heterocycles. The number of aromatic amines is 2. The Balaban J connectivity index is 2.01. The van der Waals surface area contributed by atoms with Gasteiger partial charge in [-0.1, -0.05) is 0 Å². The number of nitrogens with zero attached hydrogens (tertiary/aromatic N) is 1. The molecule has 1 aliphatic carbocycles. The van der Waals surface area contributed by atoms with Gasteiger partial charge in [0.1, 0.15) is 6.10 Å². The fourth-order valence-corrected chi connectivity index (χ4v) is 1.54. The molecule has 4 N–H and O–H groups in total. The van der Waals surface area contributed by atoms with Crippen molar-refractivity contribution in [1.29, 1.82) is 0 Å². The maximum absolute atomic E-state index is 11.2. The van der Waals surface area contributed by atoms with Crippen LogP contribution >= 0.6 is 0 Å². The van der Waals surface area contributed by atoms with Crippen LogP contribution in [0.1, 0.15) is 12.8 Å². The lowest BCUT2D eigenvalue weighted by Crippen LogP contribution is -2.39. The number of hydrogen-bond donors (Lipinski definition) is 3. The molecular formula is C8H12N4O3. The molecule has 0 bridgehead atoms. The van der Waals surface area contributed by atoms with Gasteiger partial charge in [-0.3, -0.25) is 9.78 Å². The van der Waals surface area contributed by atoms with E-state index in [4.69, 9.17) is 10.5 Å². The summed E-state index contributed by atoms with van der Waals surface area (Å²) in [5.74, 6) is 0.381. The van der Waals surface area contributed by atoms with Gasteiger partial charge in [-0.2, -0.15) is 0 Å². The zero-order chi connectivity index (χ0) is 10.8. The molecule has 15 heavy (non-hydrogen) atoms. The van der Waals surface area contributed by atoms with Gasteiger partial charge in [0.2, 0.25) is 0 Å². The quantitative estimate of drug-likeness (QED) is 0.568. The second-order valence-corrected chi connectivity index (χ2v) is 3.62. The summed E-state index contributed by atoms with van der Waals surface area (Å²) in [5, 5.41) is 5.62. The van der Waals surface area contributed by atoms with E-state index in [9.17, 15) is 9.59 Å². The second-order valence-electron chi connectivity index (χ2n) is 3.62. The molecule has 1 aliphatic rings. The normalized spacial score (nSPS) is 24.6. The average Bonchev–Trinajstić information content (AvgIpc) is 2.13. The van der Waals surface area contributed by atoms with E-state index < -0.39 is 11.2 Å². The van der Waals surface area contributed by atoms with E-state index >= 15 is 0 Å². The Morgan fingerprint density at radius 3 is 2.80 bits per heavy atom. The predicted molar refractivity (Wildman–Crippen MR) is 51.7 cm³/mol. The van der Waals surface area contributed by atoms with Crippen LogP contribution in [0.3, 0.4) is 0 Å². The minimum atomic E-state index is -0.638. The van der Waals surface area contributed by atoms with Gasteiger partial charge >= 0.3 is 11.2 Å². The molecule has 1 aromatic heterocycles. The van der Waals surface area contributed by atoms with E-state index in [0.29, 0.717) is 12.5 Å². The number of rotatable bonds is 3. The van der Waals surface area contributed by atoms with Gasteiger partial charge in [-0.25, -0.2) is 9.89 Å². The third-order valence-electron chi connectivity index (χ3n) is 2.48. The molecule has 0 aromatic carbocycles. The Labute approximate surface area is 84.7 Å². The molecule has 0 unspecified atom stereocenters. The summed E-state index contributed by atoms with van der Waals surface area (Å²) in [6, 6.07) is 0. The van der Waals surface area contributed by atoms with Crippen molar-refractivity contribution in [2.24, 2.45) is 11.7 Å². The SMILES string of the molecule is NCC1CC(Oc2n[nH]c(=O)[nH]c2=O)C1. The van der Waals surface area contributed by atoms with Gasteiger partial charge in [0.05, 0.1) is 0 Å². The van der Waals surface area contributed by atoms with E-state index in [1.165, 1.54) is 0 Å². The number of nitrogens with two attached hydrogens (primary N) is 1. The van der Waals surface area contributed by atoms with Gasteiger partial charge in [-0.05, 0) is 25.3 Å². The number of aromatic nitrogens is 3. The third kappa shape index (κ3) is 2.07. The molecule has 0 atom stereocenters. The number of ether oxygens (including phenoxy) is 1. The van der Waals surface area contributed by atoms with Crippen LogP contribution < -0.4 is 21.7 Å². The summed E-state index contributed by atoms with van der Waals surface area (Å²) in [7, 11) is 0. The Bertz CT molecular complexity index is 446. The first-order valence-corrected chi connectivity index (χ1v) is 4.74. The van der Waals surface area contributed by atoms with Gasteiger partial charge in [0, 0.05) is 0 Å². The minimum absolute atomic E-state index is 0.0157. The molecular weight excluding hydrogens is 200 g/mol. The maximum Gasteiger partial charge on any atom is 0.342 e. The van der Waals surface area contributed by atoms with Crippen molar-refractivity contribution in [2.45, 2.75) is 18.9 Å². The lowest BCUT2D eigenvalue weighted by Gasteiger charge is -2.33. The van der Waals surface area contributed by atoms with E-state index in [1.54, 1.807) is 0 Å². The van der Waals surface area contributed by atoms with Crippen molar-refractivity contribution < 1.29 is 4.74 Å². The van der Waals surface area contributed by atoms with Crippen LogP contribution in [0, 0.1) is 5.92 Å². The van der Waals surface area contributed by atoms with E-state index in [-0.39, 0.29) is 12.0 Å². The Kier molecular flexibility index (Phi) is 2.55. The number of H-pyrrole nitrogens is 2. The van der Waals surface area contributed by atoms with E-state index in [2.05, 4.69) is 10.2 Å². The largest absolute Gasteiger partial charge is 0.469 e. The first-order valence-electron chi connectivity index (χ1n) is 4.74. The monoisotopic (exact) mass is 212 g/mol. The fourth-order valence-electron chi connectivity index (χ4n) is 1.54. The highest BCUT2D eigenvalue weighted by molar-refractivity contribution is 5.01. The number of nitrogens with one attached hydrogen (secondary N) is 2. The van der Waals surface area contributed by atoms with Crippen LogP contribution in [-0.4, -0.2) is 27.8 Å². The van der Waals surface area contributed by atoms with Crippen LogP contribution in [0.5, 0.6) is 5.88 Å². The van der Waals surface area contributed by atoms with Gasteiger partial charge in [0.15, 0.2) is 0 Å². The summed E-state index contributed by atoms with van der Waals surface area (Å²) in [6.45, 7) is 0.634. The van der Waals surface area contributed by atoms with Crippen LogP contribution in [-0.2, 0) is 0 Å². The lowest BCUT2D eigenvalue weighted by molar-refractivity contribution is 0.0621. The molecule has 0 radical (unpaired) electrons. The van der Waals surface area contributed by atoms with Crippen molar-refractivity contribution in [3.63, 3.8) is 0 Å². The van der Waals surface area contributed by atoms with Crippen molar-refractivity contribution in [3.05, 3.63) is 20.8 Å². The maximum atomic E-state index is 11.2. The molecule has 1 fully saturated rings. The predicted octanol–water partition coefficient (Wildman–Crippen LogP) is -1.43. The zero-order valence-electron chi connectivity index (χ0n) is 8.03. The summed E-state index contributed by atoms with van der Waals surface area (Å²) in [6.07, 6.45) is 1.64. The number of hydrogen-bond acceptors (Lipinski definition) is 5. The first-order chi connectivity index (χ1) is 7.19. The van der Waals surface area contributed by atoms with Crippen LogP contribution in [0.4, 0.5) is 0 Å². The molecule has 0 aliphatic heterocycles. The highest BCUT2D eigenvalue weighted by Crippen LogP contribution is 2.28. The smallest absolute Gasteiger partial charge is 0.342 e. The molecule has 0 amide bonds.